The predicted octanol–water partition coefficient (Wildman–Crippen LogP) is 5.01. The zero-order valence-corrected chi connectivity index (χ0v) is 16.5. The summed E-state index contributed by atoms with van der Waals surface area (Å²) in [5.74, 6) is 0.189. The Kier molecular flexibility index (Phi) is 16.6. The molecule has 0 unspecified atom stereocenters. The molecule has 0 saturated carbocycles. The third-order valence-corrected chi connectivity index (χ3v) is 5.25. The molecule has 0 aliphatic rings. The lowest BCUT2D eigenvalue weighted by Gasteiger charge is -2.12. The molecule has 0 aliphatic carbocycles. The van der Waals surface area contributed by atoms with E-state index in [0.717, 1.165) is 12.2 Å². The van der Waals surface area contributed by atoms with Crippen LogP contribution in [0.4, 0.5) is 0 Å². The number of amides is 1. The Balaban J connectivity index is 3.30. The van der Waals surface area contributed by atoms with Gasteiger partial charge in [0.25, 0.3) is 0 Å². The summed E-state index contributed by atoms with van der Waals surface area (Å²) in [4.78, 5) is 21.9. The van der Waals surface area contributed by atoms with Gasteiger partial charge in [-0.25, -0.2) is 4.79 Å². The molecule has 1 amide bonds. The third-order valence-electron chi connectivity index (χ3n) is 4.10. The van der Waals surface area contributed by atoms with Crippen molar-refractivity contribution in [1.82, 2.24) is 5.32 Å². The summed E-state index contributed by atoms with van der Waals surface area (Å²) < 4.78 is 0. The minimum absolute atomic E-state index is 0.284. The van der Waals surface area contributed by atoms with Gasteiger partial charge in [0.2, 0.25) is 5.91 Å². The van der Waals surface area contributed by atoms with Gasteiger partial charge in [0.05, 0.1) is 0 Å². The van der Waals surface area contributed by atoms with Crippen LogP contribution in [0.2, 0.25) is 0 Å². The van der Waals surface area contributed by atoms with E-state index in [9.17, 15) is 9.59 Å². The lowest BCUT2D eigenvalue weighted by atomic mass is 10.1. The normalized spacial score (nSPS) is 12.1. The van der Waals surface area contributed by atoms with Crippen molar-refractivity contribution in [1.29, 1.82) is 0 Å². The molecular weight excluding hydrogens is 322 g/mol. The second kappa shape index (κ2) is 17.1. The SMILES string of the molecule is CCCCCCCCCCCCCCSC[C@H](NC(C)=O)C(=O)O. The fourth-order valence-electron chi connectivity index (χ4n) is 2.67. The number of unbranched alkanes of at least 4 members (excludes halogenated alkanes) is 11. The zero-order valence-electron chi connectivity index (χ0n) is 15.6. The Bertz CT molecular complexity index is 324. The summed E-state index contributed by atoms with van der Waals surface area (Å²) in [6.45, 7) is 3.61. The van der Waals surface area contributed by atoms with Crippen LogP contribution in [0.1, 0.15) is 90.9 Å². The number of carbonyl (C=O) groups is 2. The zero-order chi connectivity index (χ0) is 18.0. The molecule has 0 spiro atoms. The number of carboxylic acids is 1. The number of thioether (sulfide) groups is 1. The van der Waals surface area contributed by atoms with Gasteiger partial charge in [-0.3, -0.25) is 4.79 Å². The summed E-state index contributed by atoms with van der Waals surface area (Å²) in [6, 6.07) is -0.759. The van der Waals surface area contributed by atoms with Crippen LogP contribution in [0.3, 0.4) is 0 Å². The molecule has 0 aromatic carbocycles. The average Bonchev–Trinajstić information content (AvgIpc) is 2.53. The third kappa shape index (κ3) is 16.2. The first kappa shape index (κ1) is 23.3. The van der Waals surface area contributed by atoms with Crippen LogP contribution in [0.5, 0.6) is 0 Å². The van der Waals surface area contributed by atoms with Gasteiger partial charge in [0.15, 0.2) is 0 Å². The number of aliphatic carboxylic acids is 1. The van der Waals surface area contributed by atoms with Crippen molar-refractivity contribution in [3.8, 4) is 0 Å². The van der Waals surface area contributed by atoms with Gasteiger partial charge in [-0.15, -0.1) is 0 Å². The maximum atomic E-state index is 11.0. The lowest BCUT2D eigenvalue weighted by Crippen LogP contribution is -2.41. The van der Waals surface area contributed by atoms with E-state index in [-0.39, 0.29) is 5.91 Å². The minimum Gasteiger partial charge on any atom is -0.480 e. The molecule has 0 saturated heterocycles. The van der Waals surface area contributed by atoms with Gasteiger partial charge >= 0.3 is 5.97 Å². The minimum atomic E-state index is -0.951. The van der Waals surface area contributed by atoms with Crippen LogP contribution in [0, 0.1) is 0 Å². The van der Waals surface area contributed by atoms with Gasteiger partial charge in [-0.05, 0) is 12.2 Å². The van der Waals surface area contributed by atoms with Crippen molar-refractivity contribution in [2.45, 2.75) is 96.9 Å². The summed E-state index contributed by atoms with van der Waals surface area (Å²) in [7, 11) is 0. The second-order valence-electron chi connectivity index (χ2n) is 6.56. The van der Waals surface area contributed by atoms with Crippen molar-refractivity contribution in [3.05, 3.63) is 0 Å². The molecule has 0 radical (unpaired) electrons. The van der Waals surface area contributed by atoms with Gasteiger partial charge in [0, 0.05) is 12.7 Å². The van der Waals surface area contributed by atoms with Gasteiger partial charge in [-0.2, -0.15) is 11.8 Å². The summed E-state index contributed by atoms with van der Waals surface area (Å²) in [5, 5.41) is 11.5. The van der Waals surface area contributed by atoms with E-state index in [0.29, 0.717) is 5.75 Å². The molecule has 0 aromatic heterocycles. The molecule has 2 N–H and O–H groups in total. The molecule has 0 aliphatic heterocycles. The standard InChI is InChI=1S/C19H37NO3S/c1-3-4-5-6-7-8-9-10-11-12-13-14-15-24-16-18(19(22)23)20-17(2)21/h18H,3-16H2,1-2H3,(H,20,21)(H,22,23)/t18-/m0/s1. The Morgan fingerprint density at radius 3 is 1.75 bits per heavy atom. The summed E-state index contributed by atoms with van der Waals surface area (Å²) in [6.07, 6.45) is 16.0. The highest BCUT2D eigenvalue weighted by Crippen LogP contribution is 2.13. The first-order valence-electron chi connectivity index (χ1n) is 9.65. The Labute approximate surface area is 152 Å². The monoisotopic (exact) mass is 359 g/mol. The maximum Gasteiger partial charge on any atom is 0.327 e. The molecule has 24 heavy (non-hydrogen) atoms. The van der Waals surface area contributed by atoms with Gasteiger partial charge < -0.3 is 10.4 Å². The van der Waals surface area contributed by atoms with Crippen molar-refractivity contribution in [3.63, 3.8) is 0 Å². The van der Waals surface area contributed by atoms with Crippen LogP contribution in [-0.2, 0) is 9.59 Å². The molecule has 0 fully saturated rings. The number of rotatable bonds is 17. The maximum absolute atomic E-state index is 11.0. The molecular formula is C19H37NO3S. The molecule has 4 nitrogen and oxygen atoms in total. The number of nitrogens with one attached hydrogen (secondary N) is 1. The van der Waals surface area contributed by atoms with Crippen LogP contribution < -0.4 is 5.32 Å². The predicted molar refractivity (Wildman–Crippen MR) is 104 cm³/mol. The van der Waals surface area contributed by atoms with E-state index < -0.39 is 12.0 Å². The van der Waals surface area contributed by atoms with E-state index >= 15 is 0 Å². The average molecular weight is 360 g/mol. The highest BCUT2D eigenvalue weighted by Gasteiger charge is 2.17. The van der Waals surface area contributed by atoms with Crippen LogP contribution in [0.15, 0.2) is 0 Å². The number of hydrogen-bond acceptors (Lipinski definition) is 3. The van der Waals surface area contributed by atoms with Crippen molar-refractivity contribution >= 4 is 23.6 Å². The number of carboxylic acid groups (broad SMARTS) is 1. The van der Waals surface area contributed by atoms with Crippen LogP contribution >= 0.6 is 11.8 Å². The van der Waals surface area contributed by atoms with E-state index in [1.807, 2.05) is 0 Å². The highest BCUT2D eigenvalue weighted by molar-refractivity contribution is 7.99. The number of carbonyl (C=O) groups excluding carboxylic acids is 1. The number of hydrogen-bond donors (Lipinski definition) is 2. The lowest BCUT2D eigenvalue weighted by molar-refractivity contribution is -0.140. The fourth-order valence-corrected chi connectivity index (χ4v) is 3.70. The first-order chi connectivity index (χ1) is 11.6. The van der Waals surface area contributed by atoms with Crippen molar-refractivity contribution in [2.24, 2.45) is 0 Å². The topological polar surface area (TPSA) is 66.4 Å². The van der Waals surface area contributed by atoms with Crippen molar-refractivity contribution in [2.75, 3.05) is 11.5 Å². The molecule has 142 valence electrons. The molecule has 1 atom stereocenters. The van der Waals surface area contributed by atoms with E-state index in [2.05, 4.69) is 12.2 Å². The quantitative estimate of drug-likeness (QED) is 0.358. The van der Waals surface area contributed by atoms with E-state index in [1.54, 1.807) is 11.8 Å². The van der Waals surface area contributed by atoms with E-state index in [4.69, 9.17) is 5.11 Å². The summed E-state index contributed by atoms with van der Waals surface area (Å²) >= 11 is 1.62. The largest absolute Gasteiger partial charge is 0.480 e. The van der Waals surface area contributed by atoms with E-state index in [1.165, 1.54) is 77.6 Å². The molecule has 0 rings (SSSR count). The molecule has 0 bridgehead atoms. The fraction of sp³-hybridized carbons (Fsp3) is 0.895. The molecule has 5 heteroatoms. The van der Waals surface area contributed by atoms with Gasteiger partial charge in [-0.1, -0.05) is 77.6 Å². The summed E-state index contributed by atoms with van der Waals surface area (Å²) in [5.41, 5.74) is 0. The smallest absolute Gasteiger partial charge is 0.327 e. The Morgan fingerprint density at radius 1 is 0.875 bits per heavy atom. The van der Waals surface area contributed by atoms with Crippen LogP contribution in [0.25, 0.3) is 0 Å². The first-order valence-corrected chi connectivity index (χ1v) is 10.8. The Morgan fingerprint density at radius 2 is 1.33 bits per heavy atom. The molecule has 0 aromatic rings. The van der Waals surface area contributed by atoms with Gasteiger partial charge in [0.1, 0.15) is 6.04 Å². The Hall–Kier alpha value is -0.710. The molecule has 0 heterocycles. The highest BCUT2D eigenvalue weighted by atomic mass is 32.2. The van der Waals surface area contributed by atoms with Crippen molar-refractivity contribution < 1.29 is 14.7 Å². The van der Waals surface area contributed by atoms with Crippen LogP contribution in [-0.4, -0.2) is 34.5 Å². The second-order valence-corrected chi connectivity index (χ2v) is 7.71.